The van der Waals surface area contributed by atoms with E-state index < -0.39 is 0 Å². The van der Waals surface area contributed by atoms with Gasteiger partial charge in [-0.25, -0.2) is 10.8 Å². The third kappa shape index (κ3) is 2.36. The number of hydrazine groups is 1. The molecule has 0 fully saturated rings. The Balaban J connectivity index is 2.10. The number of nitrogens with two attached hydrogens (primary N) is 1. The highest BCUT2D eigenvalue weighted by atomic mass is 32.1. The second-order valence-electron chi connectivity index (χ2n) is 4.09. The lowest BCUT2D eigenvalue weighted by atomic mass is 10.1. The van der Waals surface area contributed by atoms with Gasteiger partial charge in [-0.1, -0.05) is 36.4 Å². The van der Waals surface area contributed by atoms with E-state index in [9.17, 15) is 0 Å². The Bertz CT molecular complexity index is 716. The van der Waals surface area contributed by atoms with Crippen LogP contribution in [0.1, 0.15) is 5.56 Å². The fraction of sp³-hybridized carbons (Fsp3) is 0. The van der Waals surface area contributed by atoms with Crippen LogP contribution >= 0.6 is 11.3 Å². The number of aliphatic imine (C=N–C) groups is 1. The third-order valence-electron chi connectivity index (χ3n) is 2.87. The molecule has 0 atom stereocenters. The van der Waals surface area contributed by atoms with Crippen LogP contribution in [0.15, 0.2) is 65.0 Å². The monoisotopic (exact) mass is 267 g/mol. The third-order valence-corrected chi connectivity index (χ3v) is 3.83. The number of hydrogen-bond donors (Lipinski definition) is 2. The summed E-state index contributed by atoms with van der Waals surface area (Å²) in [6, 6.07) is 18.0. The molecule has 0 saturated heterocycles. The molecule has 2 aromatic carbocycles. The molecule has 94 valence electrons. The number of rotatable bonds is 2. The Morgan fingerprint density at radius 2 is 1.74 bits per heavy atom. The van der Waals surface area contributed by atoms with Crippen molar-refractivity contribution < 1.29 is 0 Å². The molecule has 0 bridgehead atoms. The molecule has 4 heteroatoms. The molecule has 3 N–H and O–H groups in total. The van der Waals surface area contributed by atoms with E-state index in [-0.39, 0.29) is 0 Å². The number of thiophene rings is 1. The van der Waals surface area contributed by atoms with Crippen LogP contribution in [0, 0.1) is 0 Å². The molecular formula is C15H13N3S. The number of para-hydroxylation sites is 1. The first-order valence-electron chi connectivity index (χ1n) is 5.95. The van der Waals surface area contributed by atoms with Gasteiger partial charge in [0, 0.05) is 21.0 Å². The summed E-state index contributed by atoms with van der Waals surface area (Å²) in [7, 11) is 0. The van der Waals surface area contributed by atoms with Crippen molar-refractivity contribution in [3.05, 3.63) is 65.5 Å². The summed E-state index contributed by atoms with van der Waals surface area (Å²) in [6.45, 7) is 0. The molecule has 0 spiro atoms. The molecule has 0 radical (unpaired) electrons. The van der Waals surface area contributed by atoms with E-state index >= 15 is 0 Å². The molecule has 0 aliphatic carbocycles. The quantitative estimate of drug-likeness (QED) is 0.323. The maximum atomic E-state index is 5.63. The number of nitrogens with zero attached hydrogens (tertiary/aromatic N) is 1. The number of hydrogen-bond acceptors (Lipinski definition) is 3. The van der Waals surface area contributed by atoms with Crippen molar-refractivity contribution in [1.82, 2.24) is 5.43 Å². The van der Waals surface area contributed by atoms with Crippen molar-refractivity contribution in [1.29, 1.82) is 0 Å². The van der Waals surface area contributed by atoms with Gasteiger partial charge in [-0.2, -0.15) is 0 Å². The zero-order valence-corrected chi connectivity index (χ0v) is 11.0. The van der Waals surface area contributed by atoms with Crippen molar-refractivity contribution in [2.75, 3.05) is 0 Å². The summed E-state index contributed by atoms with van der Waals surface area (Å²) in [5.41, 5.74) is 4.62. The van der Waals surface area contributed by atoms with Crippen LogP contribution in [0.25, 0.3) is 10.1 Å². The van der Waals surface area contributed by atoms with Crippen LogP contribution in [0.5, 0.6) is 0 Å². The van der Waals surface area contributed by atoms with Gasteiger partial charge >= 0.3 is 0 Å². The fourth-order valence-corrected chi connectivity index (χ4v) is 2.91. The Hall–Kier alpha value is -2.17. The largest absolute Gasteiger partial charge is 0.308 e. The first-order valence-corrected chi connectivity index (χ1v) is 6.83. The summed E-state index contributed by atoms with van der Waals surface area (Å²) < 4.78 is 1.23. The second kappa shape index (κ2) is 5.22. The minimum Gasteiger partial charge on any atom is -0.308 e. The lowest BCUT2D eigenvalue weighted by Crippen LogP contribution is -2.30. The van der Waals surface area contributed by atoms with Crippen molar-refractivity contribution in [2.45, 2.75) is 0 Å². The molecule has 3 nitrogen and oxygen atoms in total. The second-order valence-corrected chi connectivity index (χ2v) is 5.00. The molecule has 1 heterocycles. The summed E-state index contributed by atoms with van der Waals surface area (Å²) >= 11 is 1.69. The van der Waals surface area contributed by atoms with E-state index in [1.807, 2.05) is 42.5 Å². The highest BCUT2D eigenvalue weighted by Gasteiger charge is 2.09. The Kier molecular flexibility index (Phi) is 3.27. The standard InChI is InChI=1S/C15H13N3S/c16-18-15(17-11-6-2-1-3-7-11)13-10-19-14-9-5-4-8-12(13)14/h1-10H,16H2,(H,17,18). The zero-order chi connectivity index (χ0) is 13.1. The topological polar surface area (TPSA) is 50.4 Å². The average Bonchev–Trinajstić information content (AvgIpc) is 2.90. The molecule has 0 saturated carbocycles. The fourth-order valence-electron chi connectivity index (χ4n) is 1.96. The molecule has 3 rings (SSSR count). The van der Waals surface area contributed by atoms with Crippen molar-refractivity contribution in [2.24, 2.45) is 10.8 Å². The first kappa shape index (κ1) is 11.9. The maximum absolute atomic E-state index is 5.63. The van der Waals surface area contributed by atoms with Crippen LogP contribution < -0.4 is 11.3 Å². The number of nitrogens with one attached hydrogen (secondary N) is 1. The summed E-state index contributed by atoms with van der Waals surface area (Å²) in [5, 5.41) is 3.24. The van der Waals surface area contributed by atoms with Crippen LogP contribution in [0.2, 0.25) is 0 Å². The van der Waals surface area contributed by atoms with Crippen molar-refractivity contribution in [3.8, 4) is 0 Å². The average molecular weight is 267 g/mol. The van der Waals surface area contributed by atoms with Gasteiger partial charge in [-0.3, -0.25) is 0 Å². The molecule has 0 aliphatic rings. The van der Waals surface area contributed by atoms with Crippen LogP contribution in [0.4, 0.5) is 5.69 Å². The highest BCUT2D eigenvalue weighted by molar-refractivity contribution is 7.17. The lowest BCUT2D eigenvalue weighted by Gasteiger charge is -2.04. The number of benzene rings is 2. The van der Waals surface area contributed by atoms with Crippen LogP contribution in [0.3, 0.4) is 0 Å². The van der Waals surface area contributed by atoms with Gasteiger partial charge in [0.2, 0.25) is 0 Å². The summed E-state index contributed by atoms with van der Waals surface area (Å²) in [5.74, 6) is 6.31. The van der Waals surface area contributed by atoms with Gasteiger partial charge < -0.3 is 5.43 Å². The smallest absolute Gasteiger partial charge is 0.149 e. The maximum Gasteiger partial charge on any atom is 0.149 e. The minimum absolute atomic E-state index is 0.684. The van der Waals surface area contributed by atoms with Gasteiger partial charge in [0.05, 0.1) is 5.69 Å². The number of fused-ring (bicyclic) bond motifs is 1. The van der Waals surface area contributed by atoms with E-state index in [1.165, 1.54) is 10.1 Å². The Morgan fingerprint density at radius 3 is 2.53 bits per heavy atom. The summed E-state index contributed by atoms with van der Waals surface area (Å²) in [4.78, 5) is 4.56. The van der Waals surface area contributed by atoms with E-state index in [0.717, 1.165) is 11.3 Å². The SMILES string of the molecule is NNC(=Nc1ccccc1)c1csc2ccccc12. The molecule has 3 aromatic rings. The number of amidine groups is 1. The van der Waals surface area contributed by atoms with E-state index in [2.05, 4.69) is 27.9 Å². The van der Waals surface area contributed by atoms with Crippen molar-refractivity contribution >= 4 is 32.9 Å². The van der Waals surface area contributed by atoms with Gasteiger partial charge in [0.1, 0.15) is 5.84 Å². The molecule has 0 unspecified atom stereocenters. The Labute approximate surface area is 115 Å². The molecule has 1 aromatic heterocycles. The molecular weight excluding hydrogens is 254 g/mol. The van der Waals surface area contributed by atoms with E-state index in [4.69, 9.17) is 5.84 Å². The first-order chi connectivity index (χ1) is 9.38. The lowest BCUT2D eigenvalue weighted by molar-refractivity contribution is 1.03. The zero-order valence-electron chi connectivity index (χ0n) is 10.2. The van der Waals surface area contributed by atoms with Gasteiger partial charge in [0.15, 0.2) is 0 Å². The normalized spacial score (nSPS) is 11.7. The molecule has 0 amide bonds. The van der Waals surface area contributed by atoms with Gasteiger partial charge in [0.25, 0.3) is 0 Å². The van der Waals surface area contributed by atoms with Crippen molar-refractivity contribution in [3.63, 3.8) is 0 Å². The van der Waals surface area contributed by atoms with Crippen LogP contribution in [-0.4, -0.2) is 5.84 Å². The molecule has 0 aliphatic heterocycles. The van der Waals surface area contributed by atoms with Gasteiger partial charge in [-0.05, 0) is 18.2 Å². The van der Waals surface area contributed by atoms with Gasteiger partial charge in [-0.15, -0.1) is 11.3 Å². The molecule has 19 heavy (non-hydrogen) atoms. The van der Waals surface area contributed by atoms with E-state index in [1.54, 1.807) is 11.3 Å². The van der Waals surface area contributed by atoms with E-state index in [0.29, 0.717) is 5.84 Å². The Morgan fingerprint density at radius 1 is 1.00 bits per heavy atom. The summed E-state index contributed by atoms with van der Waals surface area (Å²) in [6.07, 6.45) is 0. The predicted molar refractivity (Wildman–Crippen MR) is 81.8 cm³/mol. The van der Waals surface area contributed by atoms with Crippen LogP contribution in [-0.2, 0) is 0 Å². The predicted octanol–water partition coefficient (Wildman–Crippen LogP) is 3.44. The minimum atomic E-state index is 0.684. The highest BCUT2D eigenvalue weighted by Crippen LogP contribution is 2.26.